The van der Waals surface area contributed by atoms with Gasteiger partial charge in [-0.2, -0.15) is 10.1 Å². The first-order valence-corrected chi connectivity index (χ1v) is 5.40. The molecular weight excluding hydrogens is 206 g/mol. The first kappa shape index (κ1) is 11.6. The summed E-state index contributed by atoms with van der Waals surface area (Å²) in [6, 6.07) is 3.68. The molecule has 5 nitrogen and oxygen atoms in total. The molecule has 0 amide bonds. The van der Waals surface area contributed by atoms with E-state index < -0.39 is 17.2 Å². The van der Waals surface area contributed by atoms with Crippen molar-refractivity contribution in [3.8, 4) is 0 Å². The average Bonchev–Trinajstić information content (AvgIpc) is 2.73. The first-order chi connectivity index (χ1) is 7.30. The summed E-state index contributed by atoms with van der Waals surface area (Å²) >= 11 is 0. The molecule has 0 spiro atoms. The lowest BCUT2D eigenvalue weighted by molar-refractivity contribution is -0.224. The molecule has 3 N–H and O–H groups in total. The predicted octanol–water partition coefficient (Wildman–Crippen LogP) is 1.97. The predicted molar refractivity (Wildman–Crippen MR) is 58.9 cm³/mol. The Kier molecular flexibility index (Phi) is 2.40. The maximum absolute atomic E-state index is 10.2. The fraction of sp³-hybridized carbons (Fsp3) is 0.636. The number of nitrogens with one attached hydrogen (secondary N) is 1. The van der Waals surface area contributed by atoms with Gasteiger partial charge in [0.15, 0.2) is 6.17 Å². The summed E-state index contributed by atoms with van der Waals surface area (Å²) in [5.41, 5.74) is -0.321. The minimum absolute atomic E-state index is 0.544. The van der Waals surface area contributed by atoms with Crippen molar-refractivity contribution in [1.29, 1.82) is 0 Å². The molecule has 0 bridgehead atoms. The highest BCUT2D eigenvalue weighted by Gasteiger charge is 2.58. The molecule has 0 aliphatic carbocycles. The topological polar surface area (TPSA) is 62.7 Å². The van der Waals surface area contributed by atoms with Crippen molar-refractivity contribution < 1.29 is 10.4 Å². The normalized spacial score (nSPS) is 26.4. The lowest BCUT2D eigenvalue weighted by Gasteiger charge is -2.37. The van der Waals surface area contributed by atoms with E-state index in [4.69, 9.17) is 0 Å². The molecule has 2 heterocycles. The first-order valence-electron chi connectivity index (χ1n) is 5.40. The van der Waals surface area contributed by atoms with Crippen molar-refractivity contribution in [2.45, 2.75) is 44.9 Å². The lowest BCUT2D eigenvalue weighted by atomic mass is 9.84. The van der Waals surface area contributed by atoms with Gasteiger partial charge in [0.25, 0.3) is 0 Å². The summed E-state index contributed by atoms with van der Waals surface area (Å²) in [7, 11) is 0. The summed E-state index contributed by atoms with van der Waals surface area (Å²) in [5.74, 6) is 0. The molecule has 1 aliphatic rings. The van der Waals surface area contributed by atoms with E-state index in [1.54, 1.807) is 6.20 Å². The Hall–Kier alpha value is -0.880. The van der Waals surface area contributed by atoms with Gasteiger partial charge in [-0.25, -0.2) is 0 Å². The molecule has 0 saturated carbocycles. The Bertz CT molecular complexity index is 353. The molecule has 1 aromatic heterocycles. The summed E-state index contributed by atoms with van der Waals surface area (Å²) in [6.07, 6.45) is 1.22. The number of hydrogen-bond donors (Lipinski definition) is 3. The van der Waals surface area contributed by atoms with Crippen LogP contribution < -0.4 is 0 Å². The zero-order chi connectivity index (χ0) is 12.1. The van der Waals surface area contributed by atoms with Crippen molar-refractivity contribution in [2.75, 3.05) is 0 Å². The quantitative estimate of drug-likeness (QED) is 0.683. The Morgan fingerprint density at radius 3 is 2.00 bits per heavy atom. The van der Waals surface area contributed by atoms with Crippen molar-refractivity contribution >= 4 is 0 Å². The highest BCUT2D eigenvalue weighted by molar-refractivity contribution is 5.16. The second-order valence-corrected chi connectivity index (χ2v) is 5.31. The van der Waals surface area contributed by atoms with Crippen LogP contribution in [0, 0.1) is 0 Å². The van der Waals surface area contributed by atoms with E-state index in [0.29, 0.717) is 0 Å². The van der Waals surface area contributed by atoms with Crippen molar-refractivity contribution in [3.05, 3.63) is 24.0 Å². The van der Waals surface area contributed by atoms with Crippen LogP contribution in [0.4, 0.5) is 0 Å². The smallest absolute Gasteiger partial charge is 0.151 e. The number of aromatic nitrogens is 1. The lowest BCUT2D eigenvalue weighted by Crippen LogP contribution is -2.52. The van der Waals surface area contributed by atoms with Gasteiger partial charge in [0.05, 0.1) is 16.8 Å². The third-order valence-electron chi connectivity index (χ3n) is 4.01. The second-order valence-electron chi connectivity index (χ2n) is 5.31. The summed E-state index contributed by atoms with van der Waals surface area (Å²) in [6.45, 7) is 7.61. The number of rotatable bonds is 1. The summed E-state index contributed by atoms with van der Waals surface area (Å²) in [4.78, 5) is 3.01. The molecule has 1 fully saturated rings. The largest absolute Gasteiger partial charge is 0.362 e. The highest BCUT2D eigenvalue weighted by Crippen LogP contribution is 2.46. The number of H-pyrrole nitrogens is 1. The van der Waals surface area contributed by atoms with E-state index in [-0.39, 0.29) is 0 Å². The standard InChI is InChI=1S/C11H19N3O2/c1-10(2)11(3,4)14(16)9(13(10)15)8-6-5-7-12-8/h5-7,9,12,15-16H,1-4H3. The van der Waals surface area contributed by atoms with E-state index >= 15 is 0 Å². The summed E-state index contributed by atoms with van der Waals surface area (Å²) in [5, 5.41) is 22.8. The molecule has 0 unspecified atom stereocenters. The number of nitrogens with zero attached hydrogens (tertiary/aromatic N) is 2. The minimum atomic E-state index is -0.556. The van der Waals surface area contributed by atoms with Crippen molar-refractivity contribution in [3.63, 3.8) is 0 Å². The van der Waals surface area contributed by atoms with Crippen LogP contribution in [0.5, 0.6) is 0 Å². The fourth-order valence-electron chi connectivity index (χ4n) is 2.04. The van der Waals surface area contributed by atoms with E-state index in [1.807, 2.05) is 39.8 Å². The van der Waals surface area contributed by atoms with Crippen LogP contribution in [0.25, 0.3) is 0 Å². The van der Waals surface area contributed by atoms with E-state index in [0.717, 1.165) is 5.69 Å². The Balaban J connectivity index is 2.44. The van der Waals surface area contributed by atoms with Gasteiger partial charge < -0.3 is 15.4 Å². The minimum Gasteiger partial charge on any atom is -0.362 e. The molecule has 1 aromatic rings. The van der Waals surface area contributed by atoms with Gasteiger partial charge in [0.2, 0.25) is 0 Å². The zero-order valence-electron chi connectivity index (χ0n) is 10.1. The van der Waals surface area contributed by atoms with Crippen molar-refractivity contribution in [2.24, 2.45) is 0 Å². The zero-order valence-corrected chi connectivity index (χ0v) is 10.1. The van der Waals surface area contributed by atoms with Crippen molar-refractivity contribution in [1.82, 2.24) is 15.1 Å². The Morgan fingerprint density at radius 1 is 1.12 bits per heavy atom. The number of hydroxylamine groups is 4. The third-order valence-corrected chi connectivity index (χ3v) is 4.01. The molecule has 0 aromatic carbocycles. The SMILES string of the molecule is CC1(C)N(O)C(c2ccc[nH]2)N(O)C1(C)C. The van der Waals surface area contributed by atoms with Crippen LogP contribution >= 0.6 is 0 Å². The molecule has 0 radical (unpaired) electrons. The molecule has 0 atom stereocenters. The number of hydrogen-bond acceptors (Lipinski definition) is 4. The molecule has 1 saturated heterocycles. The average molecular weight is 225 g/mol. The summed E-state index contributed by atoms with van der Waals surface area (Å²) < 4.78 is 0. The number of aromatic amines is 1. The van der Waals surface area contributed by atoms with Gasteiger partial charge in [-0.15, -0.1) is 0 Å². The van der Waals surface area contributed by atoms with Gasteiger partial charge in [0.1, 0.15) is 0 Å². The van der Waals surface area contributed by atoms with Gasteiger partial charge >= 0.3 is 0 Å². The van der Waals surface area contributed by atoms with Gasteiger partial charge in [-0.05, 0) is 39.8 Å². The Morgan fingerprint density at radius 2 is 1.62 bits per heavy atom. The monoisotopic (exact) mass is 225 g/mol. The van der Waals surface area contributed by atoms with Crippen LogP contribution in [0.2, 0.25) is 0 Å². The maximum Gasteiger partial charge on any atom is 0.151 e. The van der Waals surface area contributed by atoms with Crippen LogP contribution in [-0.4, -0.2) is 36.6 Å². The van der Waals surface area contributed by atoms with E-state index in [1.165, 1.54) is 10.1 Å². The maximum atomic E-state index is 10.2. The highest BCUT2D eigenvalue weighted by atomic mass is 16.6. The second kappa shape index (κ2) is 3.30. The fourth-order valence-corrected chi connectivity index (χ4v) is 2.04. The van der Waals surface area contributed by atoms with Crippen LogP contribution in [0.3, 0.4) is 0 Å². The molecule has 5 heteroatoms. The Labute approximate surface area is 95.2 Å². The molecule has 16 heavy (non-hydrogen) atoms. The van der Waals surface area contributed by atoms with Crippen LogP contribution in [-0.2, 0) is 0 Å². The van der Waals surface area contributed by atoms with Gasteiger partial charge in [-0.1, -0.05) is 0 Å². The molecule has 90 valence electrons. The molecule has 2 rings (SSSR count). The van der Waals surface area contributed by atoms with Crippen LogP contribution in [0.1, 0.15) is 39.6 Å². The van der Waals surface area contributed by atoms with Crippen LogP contribution in [0.15, 0.2) is 18.3 Å². The third kappa shape index (κ3) is 1.26. The molecule has 1 aliphatic heterocycles. The van der Waals surface area contributed by atoms with Gasteiger partial charge in [-0.3, -0.25) is 0 Å². The van der Waals surface area contributed by atoms with Gasteiger partial charge in [0, 0.05) is 6.20 Å². The van der Waals surface area contributed by atoms with E-state index in [2.05, 4.69) is 4.98 Å². The molecular formula is C11H19N3O2. The van der Waals surface area contributed by atoms with E-state index in [9.17, 15) is 10.4 Å².